The normalized spacial score (nSPS) is 11.9. The Bertz CT molecular complexity index is 434. The van der Waals surface area contributed by atoms with E-state index in [1.807, 2.05) is 18.7 Å². The second-order valence-corrected chi connectivity index (χ2v) is 5.99. The van der Waals surface area contributed by atoms with Crippen LogP contribution in [-0.2, 0) is 0 Å². The summed E-state index contributed by atoms with van der Waals surface area (Å²) in [4.78, 5) is 16.3. The third-order valence-electron chi connectivity index (χ3n) is 2.56. The molecule has 1 atom stereocenters. The van der Waals surface area contributed by atoms with E-state index >= 15 is 0 Å². The van der Waals surface area contributed by atoms with Crippen molar-refractivity contribution in [2.75, 3.05) is 11.5 Å². The number of hydrogen-bond donors (Lipinski definition) is 2. The van der Waals surface area contributed by atoms with Crippen LogP contribution in [-0.4, -0.2) is 33.4 Å². The van der Waals surface area contributed by atoms with Gasteiger partial charge in [-0.15, -0.1) is 0 Å². The highest BCUT2D eigenvalue weighted by atomic mass is 32.2. The van der Waals surface area contributed by atoms with E-state index in [0.29, 0.717) is 11.3 Å². The summed E-state index contributed by atoms with van der Waals surface area (Å²) in [6.07, 6.45) is 2.48. The van der Waals surface area contributed by atoms with Crippen molar-refractivity contribution >= 4 is 34.9 Å². The fourth-order valence-corrected chi connectivity index (χ4v) is 2.38. The Kier molecular flexibility index (Phi) is 6.80. The van der Waals surface area contributed by atoms with Gasteiger partial charge in [0.05, 0.1) is 0 Å². The van der Waals surface area contributed by atoms with Crippen LogP contribution in [0.15, 0.2) is 18.3 Å². The molecule has 0 aliphatic carbocycles. The average molecular weight is 297 g/mol. The first-order valence-corrected chi connectivity index (χ1v) is 7.75. The summed E-state index contributed by atoms with van der Waals surface area (Å²) in [6.45, 7) is 4.12. The number of thiocarbonyl (C=S) groups is 1. The molecule has 0 spiro atoms. The maximum atomic E-state index is 11.9. The minimum atomic E-state index is -0.163. The molecule has 0 aliphatic rings. The van der Waals surface area contributed by atoms with Gasteiger partial charge in [-0.05, 0) is 37.0 Å². The van der Waals surface area contributed by atoms with E-state index in [1.54, 1.807) is 12.1 Å². The van der Waals surface area contributed by atoms with Crippen LogP contribution >= 0.6 is 24.0 Å². The molecular formula is C13H19N3OS2. The second-order valence-electron chi connectivity index (χ2n) is 4.16. The van der Waals surface area contributed by atoms with Crippen LogP contribution in [0.5, 0.6) is 0 Å². The quantitative estimate of drug-likeness (QED) is 0.595. The van der Waals surface area contributed by atoms with Gasteiger partial charge in [-0.2, -0.15) is 11.8 Å². The van der Waals surface area contributed by atoms with Gasteiger partial charge in [-0.25, -0.2) is 0 Å². The van der Waals surface area contributed by atoms with E-state index in [9.17, 15) is 4.79 Å². The number of amides is 1. The molecule has 1 rings (SSSR count). The summed E-state index contributed by atoms with van der Waals surface area (Å²) < 4.78 is 0. The third kappa shape index (κ3) is 5.57. The van der Waals surface area contributed by atoms with Crippen LogP contribution in [0.2, 0.25) is 0 Å². The minimum absolute atomic E-state index is 0.142. The molecule has 0 fully saturated rings. The van der Waals surface area contributed by atoms with Gasteiger partial charge in [0.2, 0.25) is 0 Å². The number of nitrogens with two attached hydrogens (primary N) is 1. The van der Waals surface area contributed by atoms with Gasteiger partial charge < -0.3 is 11.1 Å². The molecule has 1 aromatic rings. The molecule has 1 amide bonds. The van der Waals surface area contributed by atoms with Gasteiger partial charge in [0.15, 0.2) is 0 Å². The second kappa shape index (κ2) is 8.12. The molecule has 0 aromatic carbocycles. The van der Waals surface area contributed by atoms with Gasteiger partial charge in [0.1, 0.15) is 10.7 Å². The summed E-state index contributed by atoms with van der Waals surface area (Å²) >= 11 is 6.70. The van der Waals surface area contributed by atoms with Crippen molar-refractivity contribution in [2.45, 2.75) is 26.3 Å². The Labute approximate surface area is 123 Å². The van der Waals surface area contributed by atoms with Crippen molar-refractivity contribution in [3.63, 3.8) is 0 Å². The molecule has 0 bridgehead atoms. The Morgan fingerprint density at radius 1 is 1.58 bits per heavy atom. The SMILES string of the molecule is CCSCCC(C)NC(=O)c1ccc(C(N)=S)cn1. The molecule has 1 heterocycles. The molecule has 1 unspecified atom stereocenters. The molecule has 6 heteroatoms. The first-order chi connectivity index (χ1) is 9.04. The van der Waals surface area contributed by atoms with Crippen LogP contribution in [0.4, 0.5) is 0 Å². The van der Waals surface area contributed by atoms with Gasteiger partial charge in [-0.3, -0.25) is 9.78 Å². The fraction of sp³-hybridized carbons (Fsp3) is 0.462. The first-order valence-electron chi connectivity index (χ1n) is 6.19. The van der Waals surface area contributed by atoms with Crippen molar-refractivity contribution in [3.8, 4) is 0 Å². The van der Waals surface area contributed by atoms with E-state index < -0.39 is 0 Å². The lowest BCUT2D eigenvalue weighted by Gasteiger charge is -2.13. The van der Waals surface area contributed by atoms with Crippen LogP contribution in [0.1, 0.15) is 36.3 Å². The third-order valence-corrected chi connectivity index (χ3v) is 3.73. The van der Waals surface area contributed by atoms with Gasteiger partial charge >= 0.3 is 0 Å². The Balaban J connectivity index is 2.51. The number of thioether (sulfide) groups is 1. The monoisotopic (exact) mass is 297 g/mol. The maximum absolute atomic E-state index is 11.9. The van der Waals surface area contributed by atoms with E-state index in [-0.39, 0.29) is 16.9 Å². The standard InChI is InChI=1S/C13H19N3OS2/c1-3-19-7-6-9(2)16-13(17)11-5-4-10(8-15-11)12(14)18/h4-5,8-9H,3,6-7H2,1-2H3,(H2,14,18)(H,16,17). The molecular weight excluding hydrogens is 278 g/mol. The van der Waals surface area contributed by atoms with E-state index in [1.165, 1.54) is 6.20 Å². The lowest BCUT2D eigenvalue weighted by molar-refractivity contribution is 0.0934. The zero-order valence-electron chi connectivity index (χ0n) is 11.2. The summed E-state index contributed by atoms with van der Waals surface area (Å²) in [5, 5.41) is 2.92. The van der Waals surface area contributed by atoms with Crippen LogP contribution in [0.3, 0.4) is 0 Å². The summed E-state index contributed by atoms with van der Waals surface area (Å²) in [7, 11) is 0. The summed E-state index contributed by atoms with van der Waals surface area (Å²) in [5.41, 5.74) is 6.53. The summed E-state index contributed by atoms with van der Waals surface area (Å²) in [5.74, 6) is 1.98. The highest BCUT2D eigenvalue weighted by Crippen LogP contribution is 2.05. The first kappa shape index (κ1) is 15.9. The van der Waals surface area contributed by atoms with Crippen molar-refractivity contribution in [1.29, 1.82) is 0 Å². The molecule has 0 aliphatic heterocycles. The predicted octanol–water partition coefficient (Wildman–Crippen LogP) is 1.98. The number of hydrogen-bond acceptors (Lipinski definition) is 4. The molecule has 104 valence electrons. The van der Waals surface area contributed by atoms with Gasteiger partial charge in [0, 0.05) is 17.8 Å². The zero-order chi connectivity index (χ0) is 14.3. The largest absolute Gasteiger partial charge is 0.389 e. The van der Waals surface area contributed by atoms with E-state index in [0.717, 1.165) is 17.9 Å². The van der Waals surface area contributed by atoms with Crippen molar-refractivity contribution in [3.05, 3.63) is 29.6 Å². The highest BCUT2D eigenvalue weighted by Gasteiger charge is 2.11. The van der Waals surface area contributed by atoms with Gasteiger partial charge in [-0.1, -0.05) is 19.1 Å². The van der Waals surface area contributed by atoms with E-state index in [4.69, 9.17) is 18.0 Å². The zero-order valence-corrected chi connectivity index (χ0v) is 12.8. The molecule has 3 N–H and O–H groups in total. The number of nitrogens with one attached hydrogen (secondary N) is 1. The van der Waals surface area contributed by atoms with Crippen molar-refractivity contribution < 1.29 is 4.79 Å². The topological polar surface area (TPSA) is 68.0 Å². The number of nitrogens with zero attached hydrogens (tertiary/aromatic N) is 1. The number of rotatable bonds is 7. The highest BCUT2D eigenvalue weighted by molar-refractivity contribution is 7.99. The Hall–Kier alpha value is -1.14. The van der Waals surface area contributed by atoms with Crippen LogP contribution in [0.25, 0.3) is 0 Å². The van der Waals surface area contributed by atoms with Crippen LogP contribution < -0.4 is 11.1 Å². The van der Waals surface area contributed by atoms with Crippen LogP contribution in [0, 0.1) is 0 Å². The number of carbonyl (C=O) groups is 1. The number of carbonyl (C=O) groups excluding carboxylic acids is 1. The summed E-state index contributed by atoms with van der Waals surface area (Å²) in [6, 6.07) is 3.49. The minimum Gasteiger partial charge on any atom is -0.389 e. The predicted molar refractivity (Wildman–Crippen MR) is 84.7 cm³/mol. The lowest BCUT2D eigenvalue weighted by Crippen LogP contribution is -2.33. The Morgan fingerprint density at radius 2 is 2.32 bits per heavy atom. The molecule has 4 nitrogen and oxygen atoms in total. The average Bonchev–Trinajstić information content (AvgIpc) is 2.39. The van der Waals surface area contributed by atoms with E-state index in [2.05, 4.69) is 17.2 Å². The van der Waals surface area contributed by atoms with Gasteiger partial charge in [0.25, 0.3) is 5.91 Å². The molecule has 0 radical (unpaired) electrons. The molecule has 19 heavy (non-hydrogen) atoms. The lowest BCUT2D eigenvalue weighted by atomic mass is 10.2. The molecule has 0 saturated heterocycles. The van der Waals surface area contributed by atoms with Crippen molar-refractivity contribution in [2.24, 2.45) is 5.73 Å². The number of pyridine rings is 1. The molecule has 0 saturated carbocycles. The Morgan fingerprint density at radius 3 is 2.84 bits per heavy atom. The maximum Gasteiger partial charge on any atom is 0.270 e. The number of aromatic nitrogens is 1. The van der Waals surface area contributed by atoms with Crippen molar-refractivity contribution in [1.82, 2.24) is 10.3 Å². The molecule has 1 aromatic heterocycles. The smallest absolute Gasteiger partial charge is 0.270 e. The fourth-order valence-electron chi connectivity index (χ4n) is 1.45.